The minimum Gasteiger partial charge on any atom is -0.493 e. The standard InChI is InChI=1S/C38H35N3O8/c1-46-33-19-24-15-17-41(22-26(24)20-34(33)47-2)16-14-23-8-11-27(12-9-23)39-36(43)28-13-10-25(38(45)48-3)18-30(28)40-37(44)35-21-31(42)29-6-4-5-7-32(29)49-35/h4-13,18-21H,14-17,22H2,1-3H3,(H,39,43)(H,40,44). The second kappa shape index (κ2) is 14.4. The number of nitrogens with one attached hydrogen (secondary N) is 2. The Hall–Kier alpha value is -5.94. The van der Waals surface area contributed by atoms with E-state index in [2.05, 4.69) is 27.7 Å². The van der Waals surface area contributed by atoms with E-state index in [4.69, 9.17) is 18.6 Å². The first-order valence-electron chi connectivity index (χ1n) is 15.7. The van der Waals surface area contributed by atoms with Gasteiger partial charge in [0.2, 0.25) is 0 Å². The molecule has 1 aliphatic rings. The molecule has 0 saturated heterocycles. The van der Waals surface area contributed by atoms with Crippen molar-refractivity contribution in [1.29, 1.82) is 0 Å². The van der Waals surface area contributed by atoms with Crippen molar-refractivity contribution in [3.63, 3.8) is 0 Å². The number of nitrogens with zero attached hydrogens (tertiary/aromatic N) is 1. The molecular formula is C38H35N3O8. The molecule has 0 unspecified atom stereocenters. The maximum atomic E-state index is 13.5. The zero-order valence-corrected chi connectivity index (χ0v) is 27.3. The number of carbonyl (C=O) groups excluding carboxylic acids is 3. The Morgan fingerprint density at radius 2 is 1.55 bits per heavy atom. The Balaban J connectivity index is 1.13. The predicted molar refractivity (Wildman–Crippen MR) is 185 cm³/mol. The van der Waals surface area contributed by atoms with Gasteiger partial charge in [-0.2, -0.15) is 0 Å². The first-order chi connectivity index (χ1) is 23.8. The Morgan fingerprint density at radius 3 is 2.29 bits per heavy atom. The lowest BCUT2D eigenvalue weighted by molar-refractivity contribution is 0.0600. The van der Waals surface area contributed by atoms with Crippen LogP contribution in [0.2, 0.25) is 0 Å². The fourth-order valence-corrected chi connectivity index (χ4v) is 5.86. The van der Waals surface area contributed by atoms with Gasteiger partial charge in [0.05, 0.1) is 43.5 Å². The van der Waals surface area contributed by atoms with E-state index < -0.39 is 17.8 Å². The number of amides is 2. The maximum absolute atomic E-state index is 13.5. The Kier molecular flexibility index (Phi) is 9.72. The van der Waals surface area contributed by atoms with Gasteiger partial charge in [-0.25, -0.2) is 4.79 Å². The molecule has 0 aliphatic carbocycles. The van der Waals surface area contributed by atoms with Crippen LogP contribution >= 0.6 is 0 Å². The minimum atomic E-state index is -0.765. The highest BCUT2D eigenvalue weighted by molar-refractivity contribution is 6.13. The molecule has 0 atom stereocenters. The number of carbonyl (C=O) groups is 3. The van der Waals surface area contributed by atoms with Gasteiger partial charge >= 0.3 is 5.97 Å². The Morgan fingerprint density at radius 1 is 0.816 bits per heavy atom. The number of para-hydroxylation sites is 1. The van der Waals surface area contributed by atoms with E-state index in [1.165, 1.54) is 36.4 Å². The summed E-state index contributed by atoms with van der Waals surface area (Å²) in [5.41, 5.74) is 4.28. The zero-order chi connectivity index (χ0) is 34.5. The van der Waals surface area contributed by atoms with Crippen LogP contribution in [0.5, 0.6) is 11.5 Å². The molecular weight excluding hydrogens is 626 g/mol. The van der Waals surface area contributed by atoms with E-state index in [0.717, 1.165) is 55.6 Å². The number of hydrogen-bond donors (Lipinski definition) is 2. The molecule has 6 rings (SSSR count). The molecule has 0 bridgehead atoms. The van der Waals surface area contributed by atoms with Gasteiger partial charge in [0, 0.05) is 31.4 Å². The molecule has 1 aromatic heterocycles. The van der Waals surface area contributed by atoms with E-state index in [0.29, 0.717) is 11.1 Å². The lowest BCUT2D eigenvalue weighted by Crippen LogP contribution is -2.32. The van der Waals surface area contributed by atoms with Gasteiger partial charge in [0.25, 0.3) is 11.8 Å². The molecule has 11 heteroatoms. The van der Waals surface area contributed by atoms with Crippen molar-refractivity contribution in [3.8, 4) is 11.5 Å². The molecule has 2 heterocycles. The summed E-state index contributed by atoms with van der Waals surface area (Å²) >= 11 is 0. The van der Waals surface area contributed by atoms with Gasteiger partial charge < -0.3 is 29.3 Å². The van der Waals surface area contributed by atoms with E-state index in [1.807, 2.05) is 24.3 Å². The Bertz CT molecular complexity index is 2110. The molecule has 4 aromatic carbocycles. The van der Waals surface area contributed by atoms with Gasteiger partial charge in [-0.05, 0) is 84.1 Å². The maximum Gasteiger partial charge on any atom is 0.337 e. The normalized spacial score (nSPS) is 12.6. The van der Waals surface area contributed by atoms with Crippen LogP contribution in [-0.4, -0.2) is 57.1 Å². The molecule has 1 aliphatic heterocycles. The quantitative estimate of drug-likeness (QED) is 0.181. The van der Waals surface area contributed by atoms with E-state index >= 15 is 0 Å². The van der Waals surface area contributed by atoms with Gasteiger partial charge in [0.1, 0.15) is 5.58 Å². The number of methoxy groups -OCH3 is 3. The fourth-order valence-electron chi connectivity index (χ4n) is 5.86. The molecule has 49 heavy (non-hydrogen) atoms. The van der Waals surface area contributed by atoms with Crippen LogP contribution in [0.1, 0.15) is 48.0 Å². The largest absolute Gasteiger partial charge is 0.493 e. The zero-order valence-electron chi connectivity index (χ0n) is 27.3. The summed E-state index contributed by atoms with van der Waals surface area (Å²) in [6, 6.07) is 23.5. The predicted octanol–water partition coefficient (Wildman–Crippen LogP) is 5.70. The van der Waals surface area contributed by atoms with Crippen LogP contribution in [-0.2, 0) is 24.1 Å². The van der Waals surface area contributed by atoms with Gasteiger partial charge in [-0.1, -0.05) is 24.3 Å². The van der Waals surface area contributed by atoms with Crippen LogP contribution < -0.4 is 25.5 Å². The topological polar surface area (TPSA) is 136 Å². The average molecular weight is 662 g/mol. The average Bonchev–Trinajstić information content (AvgIpc) is 3.13. The van der Waals surface area contributed by atoms with Gasteiger partial charge in [-0.3, -0.25) is 19.3 Å². The summed E-state index contributed by atoms with van der Waals surface area (Å²) in [6.07, 6.45) is 1.76. The summed E-state index contributed by atoms with van der Waals surface area (Å²) in [5, 5.41) is 5.81. The van der Waals surface area contributed by atoms with Crippen LogP contribution in [0.3, 0.4) is 0 Å². The highest BCUT2D eigenvalue weighted by Gasteiger charge is 2.21. The number of rotatable bonds is 10. The third kappa shape index (κ3) is 7.31. The molecule has 2 N–H and O–H groups in total. The number of esters is 1. The fraction of sp³-hybridized carbons (Fsp3) is 0.211. The molecule has 0 saturated carbocycles. The molecule has 5 aromatic rings. The first kappa shape index (κ1) is 33.0. The summed E-state index contributed by atoms with van der Waals surface area (Å²) in [7, 11) is 4.52. The molecule has 0 spiro atoms. The Labute approximate surface area is 282 Å². The number of hydrogen-bond acceptors (Lipinski definition) is 9. The molecule has 0 fully saturated rings. The van der Waals surface area contributed by atoms with Crippen LogP contribution in [0.15, 0.2) is 94.1 Å². The van der Waals surface area contributed by atoms with Crippen molar-refractivity contribution < 1.29 is 33.0 Å². The third-order valence-corrected chi connectivity index (χ3v) is 8.52. The number of ether oxygens (including phenoxy) is 3. The molecule has 2 amide bonds. The van der Waals surface area contributed by atoms with Crippen molar-refractivity contribution in [2.45, 2.75) is 19.4 Å². The third-order valence-electron chi connectivity index (χ3n) is 8.52. The summed E-state index contributed by atoms with van der Waals surface area (Å²) < 4.78 is 21.4. The lowest BCUT2D eigenvalue weighted by atomic mass is 9.98. The van der Waals surface area contributed by atoms with Gasteiger partial charge in [0.15, 0.2) is 22.7 Å². The summed E-state index contributed by atoms with van der Waals surface area (Å²) in [6.45, 7) is 2.63. The van der Waals surface area contributed by atoms with Crippen molar-refractivity contribution in [2.24, 2.45) is 0 Å². The molecule has 11 nitrogen and oxygen atoms in total. The number of benzene rings is 4. The van der Waals surface area contributed by atoms with Crippen molar-refractivity contribution in [2.75, 3.05) is 45.1 Å². The van der Waals surface area contributed by atoms with E-state index in [-0.39, 0.29) is 33.6 Å². The first-order valence-corrected chi connectivity index (χ1v) is 15.7. The van der Waals surface area contributed by atoms with Crippen LogP contribution in [0.4, 0.5) is 11.4 Å². The van der Waals surface area contributed by atoms with Crippen molar-refractivity contribution >= 4 is 40.1 Å². The summed E-state index contributed by atoms with van der Waals surface area (Å²) in [4.78, 5) is 53.9. The SMILES string of the molecule is COC(=O)c1ccc(C(=O)Nc2ccc(CCN3CCc4cc(OC)c(OC)cc4C3)cc2)c(NC(=O)c2cc(=O)c3ccccc3o2)c1. The highest BCUT2D eigenvalue weighted by Crippen LogP contribution is 2.33. The van der Waals surface area contributed by atoms with Crippen molar-refractivity contribution in [1.82, 2.24) is 4.90 Å². The van der Waals surface area contributed by atoms with Gasteiger partial charge in [-0.15, -0.1) is 0 Å². The highest BCUT2D eigenvalue weighted by atomic mass is 16.5. The number of fused-ring (bicyclic) bond motifs is 2. The smallest absolute Gasteiger partial charge is 0.337 e. The minimum absolute atomic E-state index is 0.0389. The molecule has 250 valence electrons. The number of anilines is 2. The van der Waals surface area contributed by atoms with E-state index in [1.54, 1.807) is 38.5 Å². The van der Waals surface area contributed by atoms with Crippen LogP contribution in [0, 0.1) is 0 Å². The lowest BCUT2D eigenvalue weighted by Gasteiger charge is -2.29. The van der Waals surface area contributed by atoms with E-state index in [9.17, 15) is 19.2 Å². The molecule has 0 radical (unpaired) electrons. The second-order valence-electron chi connectivity index (χ2n) is 11.6. The summed E-state index contributed by atoms with van der Waals surface area (Å²) in [5.74, 6) is -0.700. The second-order valence-corrected chi connectivity index (χ2v) is 11.6. The van der Waals surface area contributed by atoms with Crippen molar-refractivity contribution in [3.05, 3.63) is 129 Å². The monoisotopic (exact) mass is 661 g/mol. The van der Waals surface area contributed by atoms with Crippen LogP contribution in [0.25, 0.3) is 11.0 Å².